The molecule has 0 saturated heterocycles. The molecule has 0 aromatic heterocycles. The molecule has 0 rings (SSSR count). The summed E-state index contributed by atoms with van der Waals surface area (Å²) in [6.07, 6.45) is 10.5. The van der Waals surface area contributed by atoms with Gasteiger partial charge in [-0.05, 0) is 42.6 Å². The first-order chi connectivity index (χ1) is 7.08. The topological polar surface area (TPSA) is 0 Å². The van der Waals surface area contributed by atoms with Gasteiger partial charge >= 0.3 is 0 Å². The molecule has 0 aromatic carbocycles. The number of unbranched alkanes of at least 4 members (excludes halogenated alkanes) is 1. The van der Waals surface area contributed by atoms with Crippen LogP contribution in [0.2, 0.25) is 0 Å². The molecule has 0 saturated carbocycles. The largest absolute Gasteiger partial charge is 0.165 e. The molecule has 0 heterocycles. The highest BCUT2D eigenvalue weighted by atomic mass is 32.2. The predicted molar refractivity (Wildman–Crippen MR) is 74.7 cm³/mol. The van der Waals surface area contributed by atoms with Gasteiger partial charge in [-0.25, -0.2) is 0 Å². The van der Waals surface area contributed by atoms with Crippen molar-refractivity contribution in [3.8, 4) is 0 Å². The number of hydrogen-bond donors (Lipinski definition) is 0. The average molecular weight is 230 g/mol. The minimum absolute atomic E-state index is 0.555. The molecule has 0 fully saturated rings. The average Bonchev–Trinajstić information content (AvgIpc) is 2.17. The van der Waals surface area contributed by atoms with E-state index in [1.54, 1.807) is 0 Å². The Kier molecular flexibility index (Phi) is 8.69. The fourth-order valence-corrected chi connectivity index (χ4v) is 3.01. The summed E-state index contributed by atoms with van der Waals surface area (Å²) in [7, 11) is 0. The van der Waals surface area contributed by atoms with Crippen molar-refractivity contribution in [2.24, 2.45) is 11.3 Å². The van der Waals surface area contributed by atoms with Crippen LogP contribution in [0.3, 0.4) is 0 Å². The Morgan fingerprint density at radius 2 is 1.73 bits per heavy atom. The summed E-state index contributed by atoms with van der Waals surface area (Å²) in [6, 6.07) is 0. The molecule has 1 atom stereocenters. The third-order valence-electron chi connectivity index (χ3n) is 3.58. The van der Waals surface area contributed by atoms with Crippen molar-refractivity contribution < 1.29 is 0 Å². The first-order valence-corrected chi connectivity index (χ1v) is 7.96. The van der Waals surface area contributed by atoms with Crippen LogP contribution >= 0.6 is 11.8 Å². The van der Waals surface area contributed by atoms with Crippen molar-refractivity contribution in [2.45, 2.75) is 66.2 Å². The van der Waals surface area contributed by atoms with Crippen molar-refractivity contribution in [3.63, 3.8) is 0 Å². The van der Waals surface area contributed by atoms with E-state index in [-0.39, 0.29) is 0 Å². The van der Waals surface area contributed by atoms with E-state index in [0.29, 0.717) is 5.41 Å². The van der Waals surface area contributed by atoms with Crippen LogP contribution in [0.25, 0.3) is 0 Å². The van der Waals surface area contributed by atoms with Crippen LogP contribution in [0, 0.1) is 11.3 Å². The van der Waals surface area contributed by atoms with Gasteiger partial charge in [0.25, 0.3) is 0 Å². The van der Waals surface area contributed by atoms with Crippen molar-refractivity contribution in [1.29, 1.82) is 0 Å². The van der Waals surface area contributed by atoms with E-state index in [0.717, 1.165) is 5.92 Å². The molecule has 0 aliphatic heterocycles. The molecule has 0 radical (unpaired) electrons. The molecule has 1 heteroatoms. The third kappa shape index (κ3) is 6.50. The summed E-state index contributed by atoms with van der Waals surface area (Å²) in [5.74, 6) is 2.27. The maximum Gasteiger partial charge on any atom is -0.00675 e. The molecule has 92 valence electrons. The zero-order chi connectivity index (χ0) is 11.7. The lowest BCUT2D eigenvalue weighted by atomic mass is 9.72. The number of rotatable bonds is 9. The summed E-state index contributed by atoms with van der Waals surface area (Å²) < 4.78 is 0. The van der Waals surface area contributed by atoms with Crippen LogP contribution in [-0.4, -0.2) is 12.0 Å². The third-order valence-corrected chi connectivity index (χ3v) is 4.22. The monoisotopic (exact) mass is 230 g/mol. The summed E-state index contributed by atoms with van der Waals surface area (Å²) in [5.41, 5.74) is 0.555. The maximum absolute atomic E-state index is 2.47. The molecule has 15 heavy (non-hydrogen) atoms. The van der Waals surface area contributed by atoms with E-state index in [9.17, 15) is 0 Å². The lowest BCUT2D eigenvalue weighted by Crippen LogP contribution is -2.24. The van der Waals surface area contributed by atoms with E-state index >= 15 is 0 Å². The Morgan fingerprint density at radius 1 is 1.07 bits per heavy atom. The zero-order valence-corrected chi connectivity index (χ0v) is 12.3. The molecule has 0 aromatic rings. The van der Waals surface area contributed by atoms with Gasteiger partial charge in [-0.2, -0.15) is 11.8 Å². The molecule has 0 aliphatic rings. The minimum atomic E-state index is 0.555. The van der Waals surface area contributed by atoms with Gasteiger partial charge in [-0.15, -0.1) is 0 Å². The maximum atomic E-state index is 2.47. The normalized spacial score (nSPS) is 14.2. The fraction of sp³-hybridized carbons (Fsp3) is 1.00. The van der Waals surface area contributed by atoms with Gasteiger partial charge < -0.3 is 0 Å². The Morgan fingerprint density at radius 3 is 2.20 bits per heavy atom. The summed E-state index contributed by atoms with van der Waals surface area (Å²) in [4.78, 5) is 0. The molecule has 0 bridgehead atoms. The first-order valence-electron chi connectivity index (χ1n) is 6.57. The molecule has 0 spiro atoms. The van der Waals surface area contributed by atoms with Crippen molar-refractivity contribution in [2.75, 3.05) is 12.0 Å². The Balaban J connectivity index is 4.17. The standard InChI is InChI=1S/C14H30S/c1-6-8-9-13(10-12-15-5)14(3,4)11-7-2/h13H,6-12H2,1-5H3/t13-/m0/s1. The zero-order valence-electron chi connectivity index (χ0n) is 11.4. The minimum Gasteiger partial charge on any atom is -0.165 e. The second kappa shape index (κ2) is 8.50. The molecule has 0 nitrogen and oxygen atoms in total. The highest BCUT2D eigenvalue weighted by Gasteiger charge is 2.27. The van der Waals surface area contributed by atoms with Gasteiger partial charge in [0.2, 0.25) is 0 Å². The van der Waals surface area contributed by atoms with Crippen LogP contribution in [-0.2, 0) is 0 Å². The van der Waals surface area contributed by atoms with Gasteiger partial charge in [0, 0.05) is 0 Å². The van der Waals surface area contributed by atoms with E-state index in [2.05, 4.69) is 34.0 Å². The van der Waals surface area contributed by atoms with Crippen LogP contribution in [0.4, 0.5) is 0 Å². The van der Waals surface area contributed by atoms with Gasteiger partial charge in [0.05, 0.1) is 0 Å². The van der Waals surface area contributed by atoms with Crippen LogP contribution in [0.15, 0.2) is 0 Å². The quantitative estimate of drug-likeness (QED) is 0.513. The first kappa shape index (κ1) is 15.3. The van der Waals surface area contributed by atoms with Crippen LogP contribution < -0.4 is 0 Å². The molecular weight excluding hydrogens is 200 g/mol. The summed E-state index contributed by atoms with van der Waals surface area (Å²) in [6.45, 7) is 9.56. The van der Waals surface area contributed by atoms with Gasteiger partial charge in [-0.1, -0.05) is 47.0 Å². The highest BCUT2D eigenvalue weighted by molar-refractivity contribution is 7.98. The Labute approximate surface area is 102 Å². The van der Waals surface area contributed by atoms with E-state index in [1.807, 2.05) is 11.8 Å². The Hall–Kier alpha value is 0.350. The summed E-state index contributed by atoms with van der Waals surface area (Å²) in [5, 5.41) is 0. The SMILES string of the molecule is CCCC[C@@H](CCSC)C(C)(C)CCC. The fourth-order valence-electron chi connectivity index (χ4n) is 2.48. The highest BCUT2D eigenvalue weighted by Crippen LogP contribution is 2.38. The van der Waals surface area contributed by atoms with Crippen molar-refractivity contribution in [1.82, 2.24) is 0 Å². The van der Waals surface area contributed by atoms with Gasteiger partial charge in [-0.3, -0.25) is 0 Å². The number of hydrogen-bond acceptors (Lipinski definition) is 1. The molecule has 0 unspecified atom stereocenters. The smallest absolute Gasteiger partial charge is 0.00675 e. The van der Waals surface area contributed by atoms with Crippen LogP contribution in [0.1, 0.15) is 66.2 Å². The molecule has 0 amide bonds. The lowest BCUT2D eigenvalue weighted by Gasteiger charge is -2.34. The van der Waals surface area contributed by atoms with Gasteiger partial charge in [0.1, 0.15) is 0 Å². The van der Waals surface area contributed by atoms with Crippen molar-refractivity contribution >= 4 is 11.8 Å². The Bertz CT molecular complexity index is 132. The molecule has 0 N–H and O–H groups in total. The predicted octanol–water partition coefficient (Wildman–Crippen LogP) is 5.37. The molecule has 0 aliphatic carbocycles. The van der Waals surface area contributed by atoms with E-state index < -0.39 is 0 Å². The van der Waals surface area contributed by atoms with E-state index in [1.165, 1.54) is 44.3 Å². The van der Waals surface area contributed by atoms with Gasteiger partial charge in [0.15, 0.2) is 0 Å². The second-order valence-corrected chi connectivity index (χ2v) is 6.34. The van der Waals surface area contributed by atoms with Crippen molar-refractivity contribution in [3.05, 3.63) is 0 Å². The molecular formula is C14H30S. The summed E-state index contributed by atoms with van der Waals surface area (Å²) >= 11 is 2.00. The van der Waals surface area contributed by atoms with E-state index in [4.69, 9.17) is 0 Å². The second-order valence-electron chi connectivity index (χ2n) is 5.36. The number of thioether (sulfide) groups is 1. The lowest BCUT2D eigenvalue weighted by molar-refractivity contribution is 0.173. The van der Waals surface area contributed by atoms with Crippen LogP contribution in [0.5, 0.6) is 0 Å².